The van der Waals surface area contributed by atoms with Crippen molar-refractivity contribution in [1.82, 2.24) is 0 Å². The summed E-state index contributed by atoms with van der Waals surface area (Å²) in [6, 6.07) is 0. The molecule has 0 aliphatic carbocycles. The average molecular weight is 584 g/mol. The van der Waals surface area contributed by atoms with Crippen molar-refractivity contribution in [3.63, 3.8) is 0 Å². The summed E-state index contributed by atoms with van der Waals surface area (Å²) in [7, 11) is 4.34. The maximum absolute atomic E-state index is 2.29. The Morgan fingerprint density at radius 1 is 0.263 bits per heavy atom. The first-order chi connectivity index (χ1) is 17.8. The molecule has 0 aromatic heterocycles. The second kappa shape index (κ2) is 47.3. The third-order valence-corrected chi connectivity index (χ3v) is 7.69. The minimum Gasteiger partial charge on any atom is -1.00 e. The van der Waals surface area contributed by atoms with Gasteiger partial charge in [-0.15, -0.1) is 0 Å². The third kappa shape index (κ3) is 49.4. The molecule has 0 heterocycles. The van der Waals surface area contributed by atoms with Crippen molar-refractivity contribution >= 4 is 0 Å². The van der Waals surface area contributed by atoms with Crippen LogP contribution in [-0.2, 0) is 0 Å². The second-order valence-corrected chi connectivity index (χ2v) is 11.6. The Morgan fingerprint density at radius 3 is 0.579 bits per heavy atom. The minimum absolute atomic E-state index is 0. The number of hydrogen-bond acceptors (Lipinski definition) is 0. The lowest BCUT2D eigenvalue weighted by Gasteiger charge is -2.02. The number of quaternary nitrogens is 2. The van der Waals surface area contributed by atoms with Gasteiger partial charge in [-0.2, -0.15) is 0 Å². The van der Waals surface area contributed by atoms with Crippen LogP contribution in [0.4, 0.5) is 0 Å². The van der Waals surface area contributed by atoms with E-state index in [4.69, 9.17) is 0 Å². The van der Waals surface area contributed by atoms with Crippen LogP contribution in [0.15, 0.2) is 0 Å². The van der Waals surface area contributed by atoms with Crippen molar-refractivity contribution in [3.8, 4) is 0 Å². The Balaban J connectivity index is -0.000000289. The van der Waals surface area contributed by atoms with E-state index in [2.05, 4.69) is 38.6 Å². The fourth-order valence-electron chi connectivity index (χ4n) is 5.09. The number of unbranched alkanes of at least 4 members (excludes halogenated alkanes) is 26. The fourth-order valence-corrected chi connectivity index (χ4v) is 5.09. The van der Waals surface area contributed by atoms with Gasteiger partial charge in [0, 0.05) is 0 Å². The molecule has 0 amide bonds. The monoisotopic (exact) mass is 583 g/mol. The predicted octanol–water partition coefficient (Wildman–Crippen LogP) is 3.33. The van der Waals surface area contributed by atoms with E-state index in [1.165, 1.54) is 193 Å². The van der Waals surface area contributed by atoms with E-state index in [1.54, 1.807) is 0 Å². The van der Waals surface area contributed by atoms with Crippen LogP contribution >= 0.6 is 0 Å². The molecule has 0 unspecified atom stereocenters. The van der Waals surface area contributed by atoms with Crippen molar-refractivity contribution in [2.45, 2.75) is 194 Å². The molecule has 0 aromatic rings. The molecule has 0 rings (SSSR count). The highest BCUT2D eigenvalue weighted by Gasteiger charge is 1.95. The minimum atomic E-state index is 0. The molecule has 0 fully saturated rings. The van der Waals surface area contributed by atoms with E-state index in [9.17, 15) is 0 Å². The van der Waals surface area contributed by atoms with E-state index in [0.717, 1.165) is 0 Å². The summed E-state index contributed by atoms with van der Waals surface area (Å²) in [6.45, 7) is 7.22. The standard InChI is InChI=1S/2C17H37N.2ClH/c2*1-3-4-5-6-7-8-9-10-11-12-13-14-15-16-17-18-2;;/h2*18H,3-17H2,1-2H3;2*1H. The van der Waals surface area contributed by atoms with Crippen LogP contribution in [0.5, 0.6) is 0 Å². The predicted molar refractivity (Wildman–Crippen MR) is 166 cm³/mol. The van der Waals surface area contributed by atoms with E-state index in [1.807, 2.05) is 0 Å². The van der Waals surface area contributed by atoms with Crippen molar-refractivity contribution in [3.05, 3.63) is 0 Å². The molecule has 236 valence electrons. The van der Waals surface area contributed by atoms with Crippen LogP contribution in [0.25, 0.3) is 0 Å². The summed E-state index contributed by atoms with van der Waals surface area (Å²) in [5, 5.41) is 4.58. The SMILES string of the molecule is CCCCCCCCCCCCCCCC[NH2+]C.CCCCCCCCCCCCCCCC[NH2+]C.[Cl-].[Cl-]. The van der Waals surface area contributed by atoms with Gasteiger partial charge in [-0.05, 0) is 25.7 Å². The van der Waals surface area contributed by atoms with Crippen LogP contribution in [-0.4, -0.2) is 27.2 Å². The molecule has 2 nitrogen and oxygen atoms in total. The molecule has 38 heavy (non-hydrogen) atoms. The van der Waals surface area contributed by atoms with Crippen molar-refractivity contribution in [2.24, 2.45) is 0 Å². The molecule has 0 aliphatic heterocycles. The van der Waals surface area contributed by atoms with E-state index >= 15 is 0 Å². The Hall–Kier alpha value is 0.500. The Kier molecular flexibility index (Phi) is 56.6. The Morgan fingerprint density at radius 2 is 0.421 bits per heavy atom. The zero-order valence-corrected chi connectivity index (χ0v) is 28.6. The van der Waals surface area contributed by atoms with Gasteiger partial charge >= 0.3 is 0 Å². The number of hydrogen-bond donors (Lipinski definition) is 2. The van der Waals surface area contributed by atoms with Gasteiger partial charge in [0.15, 0.2) is 0 Å². The van der Waals surface area contributed by atoms with Crippen molar-refractivity contribution < 1.29 is 35.4 Å². The molecule has 4 heteroatoms. The second-order valence-electron chi connectivity index (χ2n) is 11.6. The number of halogens is 2. The molecule has 0 saturated carbocycles. The van der Waals surface area contributed by atoms with Crippen LogP contribution < -0.4 is 35.4 Å². The lowest BCUT2D eigenvalue weighted by molar-refractivity contribution is -0.627. The molecule has 0 spiro atoms. The molecular weight excluding hydrogens is 507 g/mol. The smallest absolute Gasteiger partial charge is 0.0753 e. The van der Waals surface area contributed by atoms with Gasteiger partial charge in [0.2, 0.25) is 0 Å². The van der Waals surface area contributed by atoms with Gasteiger partial charge in [0.05, 0.1) is 27.2 Å². The summed E-state index contributed by atoms with van der Waals surface area (Å²) in [4.78, 5) is 0. The zero-order valence-electron chi connectivity index (χ0n) is 27.1. The van der Waals surface area contributed by atoms with E-state index in [-0.39, 0.29) is 24.8 Å². The van der Waals surface area contributed by atoms with Crippen LogP contribution in [0.3, 0.4) is 0 Å². The first-order valence-corrected chi connectivity index (χ1v) is 17.4. The van der Waals surface area contributed by atoms with Gasteiger partial charge in [0.1, 0.15) is 0 Å². The highest BCUT2D eigenvalue weighted by molar-refractivity contribution is 4.50. The van der Waals surface area contributed by atoms with Crippen LogP contribution in [0, 0.1) is 0 Å². The van der Waals surface area contributed by atoms with Gasteiger partial charge < -0.3 is 35.4 Å². The summed E-state index contributed by atoms with van der Waals surface area (Å²) in [5.74, 6) is 0. The fraction of sp³-hybridized carbons (Fsp3) is 1.00. The highest BCUT2D eigenvalue weighted by Crippen LogP contribution is 2.13. The van der Waals surface area contributed by atoms with Gasteiger partial charge in [0.25, 0.3) is 0 Å². The number of nitrogens with two attached hydrogens (primary N) is 2. The molecule has 0 aliphatic rings. The molecule has 0 aromatic carbocycles. The van der Waals surface area contributed by atoms with Gasteiger partial charge in [-0.3, -0.25) is 0 Å². The van der Waals surface area contributed by atoms with Crippen molar-refractivity contribution in [1.29, 1.82) is 0 Å². The molecular formula is C34H76Cl2N2. The summed E-state index contributed by atoms with van der Waals surface area (Å²) in [5.41, 5.74) is 0. The first kappa shape index (κ1) is 45.5. The lowest BCUT2D eigenvalue weighted by atomic mass is 10.0. The van der Waals surface area contributed by atoms with Gasteiger partial charge in [-0.1, -0.05) is 168 Å². The Labute approximate surface area is 255 Å². The zero-order chi connectivity index (χ0) is 26.6. The normalized spacial score (nSPS) is 10.4. The Bertz CT molecular complexity index is 278. The molecule has 0 radical (unpaired) electrons. The summed E-state index contributed by atoms with van der Waals surface area (Å²) >= 11 is 0. The maximum Gasteiger partial charge on any atom is 0.0753 e. The third-order valence-electron chi connectivity index (χ3n) is 7.69. The topological polar surface area (TPSA) is 33.2 Å². The largest absolute Gasteiger partial charge is 1.00 e. The quantitative estimate of drug-likeness (QED) is 0.122. The summed E-state index contributed by atoms with van der Waals surface area (Å²) in [6.07, 6.45) is 40.9. The highest BCUT2D eigenvalue weighted by atomic mass is 35.5. The molecule has 4 N–H and O–H groups in total. The molecule has 0 saturated heterocycles. The van der Waals surface area contributed by atoms with Crippen LogP contribution in [0.1, 0.15) is 194 Å². The first-order valence-electron chi connectivity index (χ1n) is 17.4. The van der Waals surface area contributed by atoms with E-state index in [0.29, 0.717) is 0 Å². The van der Waals surface area contributed by atoms with Crippen LogP contribution in [0.2, 0.25) is 0 Å². The molecule has 0 atom stereocenters. The lowest BCUT2D eigenvalue weighted by Crippen LogP contribution is -3.00. The van der Waals surface area contributed by atoms with E-state index < -0.39 is 0 Å². The maximum atomic E-state index is 2.29. The summed E-state index contributed by atoms with van der Waals surface area (Å²) < 4.78 is 0. The average Bonchev–Trinajstić information content (AvgIpc) is 2.89. The molecule has 0 bridgehead atoms. The van der Waals surface area contributed by atoms with Crippen molar-refractivity contribution in [2.75, 3.05) is 27.2 Å². The van der Waals surface area contributed by atoms with Gasteiger partial charge in [-0.25, -0.2) is 0 Å². The number of rotatable bonds is 30.